The van der Waals surface area contributed by atoms with Crippen molar-refractivity contribution in [2.75, 3.05) is 26.3 Å². The van der Waals surface area contributed by atoms with Crippen LogP contribution in [0.4, 0.5) is 0 Å². The second-order valence-corrected chi connectivity index (χ2v) is 1.34. The molecule has 0 amide bonds. The molecule has 0 heterocycles. The minimum atomic E-state index is 0.157. The molecule has 0 atom stereocenters. The number of aliphatic hydroxyl groups is 1. The van der Waals surface area contributed by atoms with Gasteiger partial charge in [0.25, 0.3) is 0 Å². The van der Waals surface area contributed by atoms with Crippen molar-refractivity contribution in [2.45, 2.75) is 0 Å². The Morgan fingerprint density at radius 1 is 1.50 bits per heavy atom. The van der Waals surface area contributed by atoms with Crippen molar-refractivity contribution >= 4 is 0 Å². The van der Waals surface area contributed by atoms with Crippen LogP contribution in [0.25, 0.3) is 0 Å². The molecular formula is C4H12N2O2. The van der Waals surface area contributed by atoms with Crippen molar-refractivity contribution in [2.24, 2.45) is 5.90 Å². The first-order valence-electron chi connectivity index (χ1n) is 2.55. The van der Waals surface area contributed by atoms with Crippen LogP contribution in [0.15, 0.2) is 0 Å². The zero-order valence-corrected chi connectivity index (χ0v) is 4.76. The van der Waals surface area contributed by atoms with E-state index >= 15 is 0 Å². The van der Waals surface area contributed by atoms with Crippen LogP contribution in [0.3, 0.4) is 0 Å². The predicted octanol–water partition coefficient (Wildman–Crippen LogP) is -1.54. The fraction of sp³-hybridized carbons (Fsp3) is 1.00. The smallest absolute Gasteiger partial charge is 0.0803 e. The van der Waals surface area contributed by atoms with Gasteiger partial charge in [-0.2, -0.15) is 0 Å². The molecule has 0 unspecified atom stereocenters. The molecule has 0 aliphatic carbocycles. The van der Waals surface area contributed by atoms with Gasteiger partial charge in [0.2, 0.25) is 0 Å². The van der Waals surface area contributed by atoms with Crippen molar-refractivity contribution < 1.29 is 9.94 Å². The molecule has 0 spiro atoms. The predicted molar refractivity (Wildman–Crippen MR) is 30.1 cm³/mol. The standard InChI is InChI=1S/C4H12N2O2/c5-8-4-2-6-1-3-7/h6-7H,1-5H2. The van der Waals surface area contributed by atoms with Crippen LogP contribution < -0.4 is 11.2 Å². The topological polar surface area (TPSA) is 67.5 Å². The maximum absolute atomic E-state index is 8.23. The Morgan fingerprint density at radius 2 is 2.25 bits per heavy atom. The van der Waals surface area contributed by atoms with Gasteiger partial charge in [0, 0.05) is 13.1 Å². The Morgan fingerprint density at radius 3 is 2.75 bits per heavy atom. The van der Waals surface area contributed by atoms with Crippen molar-refractivity contribution in [3.8, 4) is 0 Å². The third-order valence-corrected chi connectivity index (χ3v) is 0.685. The molecule has 0 fully saturated rings. The lowest BCUT2D eigenvalue weighted by atomic mass is 10.6. The zero-order chi connectivity index (χ0) is 6.24. The van der Waals surface area contributed by atoms with Crippen LogP contribution >= 0.6 is 0 Å². The minimum absolute atomic E-state index is 0.157. The van der Waals surface area contributed by atoms with Crippen LogP contribution in [0.1, 0.15) is 0 Å². The number of aliphatic hydroxyl groups excluding tert-OH is 1. The summed E-state index contributed by atoms with van der Waals surface area (Å²) in [6, 6.07) is 0. The maximum Gasteiger partial charge on any atom is 0.0803 e. The molecule has 0 aromatic rings. The largest absolute Gasteiger partial charge is 0.395 e. The van der Waals surface area contributed by atoms with Crippen LogP contribution in [0.5, 0.6) is 0 Å². The average molecular weight is 120 g/mol. The summed E-state index contributed by atoms with van der Waals surface area (Å²) >= 11 is 0. The monoisotopic (exact) mass is 120 g/mol. The van der Waals surface area contributed by atoms with Gasteiger partial charge in [-0.3, -0.25) is 0 Å². The third-order valence-electron chi connectivity index (χ3n) is 0.685. The Labute approximate surface area is 48.6 Å². The Hall–Kier alpha value is -0.160. The lowest BCUT2D eigenvalue weighted by Crippen LogP contribution is -2.23. The van der Waals surface area contributed by atoms with E-state index in [1.165, 1.54) is 0 Å². The molecule has 0 aliphatic heterocycles. The molecule has 4 heteroatoms. The van der Waals surface area contributed by atoms with Crippen LogP contribution in [0.2, 0.25) is 0 Å². The Balaban J connectivity index is 2.53. The van der Waals surface area contributed by atoms with Crippen molar-refractivity contribution in [3.05, 3.63) is 0 Å². The van der Waals surface area contributed by atoms with Gasteiger partial charge in [-0.05, 0) is 0 Å². The summed E-state index contributed by atoms with van der Waals surface area (Å²) in [4.78, 5) is 4.24. The van der Waals surface area contributed by atoms with Crippen molar-refractivity contribution in [3.63, 3.8) is 0 Å². The average Bonchev–Trinajstić information content (AvgIpc) is 1.81. The van der Waals surface area contributed by atoms with Gasteiger partial charge in [0.1, 0.15) is 0 Å². The zero-order valence-electron chi connectivity index (χ0n) is 4.76. The molecule has 0 radical (unpaired) electrons. The normalized spacial score (nSPS) is 9.75. The lowest BCUT2D eigenvalue weighted by Gasteiger charge is -1.98. The van der Waals surface area contributed by atoms with Gasteiger partial charge in [0.15, 0.2) is 0 Å². The summed E-state index contributed by atoms with van der Waals surface area (Å²) in [5.74, 6) is 4.71. The van der Waals surface area contributed by atoms with Gasteiger partial charge in [0.05, 0.1) is 13.2 Å². The van der Waals surface area contributed by atoms with Gasteiger partial charge < -0.3 is 15.3 Å². The number of rotatable bonds is 5. The second kappa shape index (κ2) is 6.84. The quantitative estimate of drug-likeness (QED) is 0.304. The Bertz CT molecular complexity index is 37.0. The molecule has 0 bridgehead atoms. The number of nitrogens with two attached hydrogens (primary N) is 1. The number of hydrogen-bond acceptors (Lipinski definition) is 4. The van der Waals surface area contributed by atoms with Crippen LogP contribution in [-0.4, -0.2) is 31.4 Å². The highest BCUT2D eigenvalue weighted by molar-refractivity contribution is 4.40. The van der Waals surface area contributed by atoms with E-state index in [0.717, 1.165) is 0 Å². The summed E-state index contributed by atoms with van der Waals surface area (Å²) in [6.07, 6.45) is 0. The highest BCUT2D eigenvalue weighted by Crippen LogP contribution is 1.59. The van der Waals surface area contributed by atoms with Crippen LogP contribution in [0, 0.1) is 0 Å². The fourth-order valence-electron chi connectivity index (χ4n) is 0.335. The van der Waals surface area contributed by atoms with E-state index in [0.29, 0.717) is 19.7 Å². The number of hydrogen-bond donors (Lipinski definition) is 3. The highest BCUT2D eigenvalue weighted by atomic mass is 16.6. The maximum atomic E-state index is 8.23. The molecule has 4 nitrogen and oxygen atoms in total. The van der Waals surface area contributed by atoms with E-state index < -0.39 is 0 Å². The first kappa shape index (κ1) is 7.84. The SMILES string of the molecule is NOCCNCCO. The summed E-state index contributed by atoms with van der Waals surface area (Å²) in [5.41, 5.74) is 0. The highest BCUT2D eigenvalue weighted by Gasteiger charge is 1.81. The summed E-state index contributed by atoms with van der Waals surface area (Å²) < 4.78 is 0. The van der Waals surface area contributed by atoms with Gasteiger partial charge in [-0.25, -0.2) is 5.90 Å². The summed E-state index contributed by atoms with van der Waals surface area (Å²) in [5, 5.41) is 11.1. The molecule has 0 saturated carbocycles. The third kappa shape index (κ3) is 5.84. The molecule has 0 saturated heterocycles. The van der Waals surface area contributed by atoms with Crippen LogP contribution in [-0.2, 0) is 4.84 Å². The molecule has 0 aliphatic rings. The summed E-state index contributed by atoms with van der Waals surface area (Å²) in [6.45, 7) is 1.94. The van der Waals surface area contributed by atoms with E-state index in [1.807, 2.05) is 0 Å². The van der Waals surface area contributed by atoms with Gasteiger partial charge in [-0.1, -0.05) is 0 Å². The van der Waals surface area contributed by atoms with E-state index in [1.54, 1.807) is 0 Å². The van der Waals surface area contributed by atoms with E-state index in [4.69, 9.17) is 11.0 Å². The number of nitrogens with one attached hydrogen (secondary N) is 1. The molecule has 0 rings (SSSR count). The van der Waals surface area contributed by atoms with Crippen molar-refractivity contribution in [1.29, 1.82) is 0 Å². The van der Waals surface area contributed by atoms with Gasteiger partial charge in [-0.15, -0.1) is 0 Å². The van der Waals surface area contributed by atoms with E-state index in [2.05, 4.69) is 10.2 Å². The fourth-order valence-corrected chi connectivity index (χ4v) is 0.335. The molecule has 50 valence electrons. The minimum Gasteiger partial charge on any atom is -0.395 e. The first-order valence-corrected chi connectivity index (χ1v) is 2.55. The summed E-state index contributed by atoms with van der Waals surface area (Å²) in [7, 11) is 0. The van der Waals surface area contributed by atoms with Crippen molar-refractivity contribution in [1.82, 2.24) is 5.32 Å². The Kier molecular flexibility index (Phi) is 6.70. The van der Waals surface area contributed by atoms with Gasteiger partial charge >= 0.3 is 0 Å². The second-order valence-electron chi connectivity index (χ2n) is 1.34. The molecule has 0 aromatic heterocycles. The lowest BCUT2D eigenvalue weighted by molar-refractivity contribution is 0.138. The van der Waals surface area contributed by atoms with E-state index in [9.17, 15) is 0 Å². The molecular weight excluding hydrogens is 108 g/mol. The molecule has 0 aromatic carbocycles. The van der Waals surface area contributed by atoms with E-state index in [-0.39, 0.29) is 6.61 Å². The molecule has 4 N–H and O–H groups in total. The molecule has 8 heavy (non-hydrogen) atoms. The first-order chi connectivity index (χ1) is 3.91.